The summed E-state index contributed by atoms with van der Waals surface area (Å²) in [5.74, 6) is 0.205. The Morgan fingerprint density at radius 1 is 1.47 bits per heavy atom. The molecule has 5 nitrogen and oxygen atoms in total. The van der Waals surface area contributed by atoms with Gasteiger partial charge in [0.25, 0.3) is 5.91 Å². The van der Waals surface area contributed by atoms with Crippen LogP contribution in [0.15, 0.2) is 39.5 Å². The van der Waals surface area contributed by atoms with E-state index in [2.05, 4.69) is 26.2 Å². The van der Waals surface area contributed by atoms with Gasteiger partial charge in [-0.25, -0.2) is 4.98 Å². The van der Waals surface area contributed by atoms with Crippen LogP contribution >= 0.6 is 15.9 Å². The lowest BCUT2D eigenvalue weighted by Crippen LogP contribution is -2.12. The predicted octanol–water partition coefficient (Wildman–Crippen LogP) is 2.70. The number of furan rings is 1. The Labute approximate surface area is 106 Å². The summed E-state index contributed by atoms with van der Waals surface area (Å²) < 4.78 is 10.7. The van der Waals surface area contributed by atoms with Crippen LogP contribution in [-0.2, 0) is 0 Å². The molecule has 2 rings (SSSR count). The molecule has 0 radical (unpaired) electrons. The molecule has 6 heteroatoms. The first kappa shape index (κ1) is 11.7. The average Bonchev–Trinajstić information content (AvgIpc) is 2.77. The molecule has 0 bridgehead atoms. The first-order valence-electron chi connectivity index (χ1n) is 4.76. The van der Waals surface area contributed by atoms with E-state index in [1.807, 2.05) is 0 Å². The van der Waals surface area contributed by atoms with E-state index in [0.29, 0.717) is 16.2 Å². The fraction of sp³-hybridized carbons (Fsp3) is 0.0909. The van der Waals surface area contributed by atoms with Crippen molar-refractivity contribution >= 4 is 27.5 Å². The van der Waals surface area contributed by atoms with Gasteiger partial charge in [-0.05, 0) is 40.2 Å². The molecule has 2 aromatic rings. The molecular weight excluding hydrogens is 288 g/mol. The summed E-state index contributed by atoms with van der Waals surface area (Å²) >= 11 is 3.13. The first-order valence-corrected chi connectivity index (χ1v) is 5.55. The van der Waals surface area contributed by atoms with Crippen LogP contribution in [-0.4, -0.2) is 18.0 Å². The van der Waals surface area contributed by atoms with E-state index in [9.17, 15) is 4.79 Å². The summed E-state index contributed by atoms with van der Waals surface area (Å²) in [6.07, 6.45) is 1.58. The normalized spacial score (nSPS) is 10.0. The fourth-order valence-corrected chi connectivity index (χ4v) is 1.58. The third-order valence-electron chi connectivity index (χ3n) is 2.01. The van der Waals surface area contributed by atoms with Gasteiger partial charge in [0.15, 0.2) is 10.4 Å². The van der Waals surface area contributed by atoms with E-state index in [4.69, 9.17) is 9.15 Å². The highest BCUT2D eigenvalue weighted by Crippen LogP contribution is 2.21. The molecule has 0 aromatic carbocycles. The molecule has 2 aromatic heterocycles. The van der Waals surface area contributed by atoms with Crippen molar-refractivity contribution in [3.05, 3.63) is 40.9 Å². The summed E-state index contributed by atoms with van der Waals surface area (Å²) in [4.78, 5) is 15.8. The summed E-state index contributed by atoms with van der Waals surface area (Å²) in [5, 5.41) is 2.65. The Balaban J connectivity index is 2.18. The van der Waals surface area contributed by atoms with Gasteiger partial charge in [0.2, 0.25) is 5.88 Å². The zero-order valence-electron chi connectivity index (χ0n) is 8.94. The van der Waals surface area contributed by atoms with E-state index in [-0.39, 0.29) is 11.7 Å². The number of hydrogen-bond acceptors (Lipinski definition) is 4. The Kier molecular flexibility index (Phi) is 3.43. The number of nitrogens with one attached hydrogen (secondary N) is 1. The van der Waals surface area contributed by atoms with E-state index in [1.165, 1.54) is 7.11 Å². The molecule has 0 aliphatic carbocycles. The number of rotatable bonds is 3. The number of ether oxygens (including phenoxy) is 1. The summed E-state index contributed by atoms with van der Waals surface area (Å²) in [5.41, 5.74) is 0.493. The van der Waals surface area contributed by atoms with Gasteiger partial charge in [-0.3, -0.25) is 4.79 Å². The SMILES string of the molecule is COc1ncccc1NC(=O)c1ccc(Br)o1. The predicted molar refractivity (Wildman–Crippen MR) is 65.2 cm³/mol. The van der Waals surface area contributed by atoms with Crippen LogP contribution in [0.4, 0.5) is 5.69 Å². The van der Waals surface area contributed by atoms with Crippen molar-refractivity contribution in [3.8, 4) is 5.88 Å². The molecule has 1 N–H and O–H groups in total. The van der Waals surface area contributed by atoms with Gasteiger partial charge < -0.3 is 14.5 Å². The van der Waals surface area contributed by atoms with Crippen molar-refractivity contribution in [1.29, 1.82) is 0 Å². The lowest BCUT2D eigenvalue weighted by molar-refractivity contribution is 0.0995. The molecule has 0 spiro atoms. The van der Waals surface area contributed by atoms with Crippen LogP contribution in [0, 0.1) is 0 Å². The second-order valence-electron chi connectivity index (χ2n) is 3.12. The first-order chi connectivity index (χ1) is 8.20. The molecule has 0 saturated carbocycles. The standard InChI is InChI=1S/C11H9BrN2O3/c1-16-11-7(3-2-6-13-11)14-10(15)8-4-5-9(12)17-8/h2-6H,1H3,(H,14,15). The third-order valence-corrected chi connectivity index (χ3v) is 2.44. The smallest absolute Gasteiger partial charge is 0.291 e. The molecule has 0 atom stereocenters. The molecule has 0 unspecified atom stereocenters. The molecule has 0 aliphatic heterocycles. The Hall–Kier alpha value is -1.82. The fourth-order valence-electron chi connectivity index (χ4n) is 1.27. The Morgan fingerprint density at radius 2 is 2.29 bits per heavy atom. The second-order valence-corrected chi connectivity index (χ2v) is 3.90. The lowest BCUT2D eigenvalue weighted by Gasteiger charge is -2.06. The number of methoxy groups -OCH3 is 1. The van der Waals surface area contributed by atoms with E-state index in [0.717, 1.165) is 0 Å². The zero-order valence-corrected chi connectivity index (χ0v) is 10.5. The van der Waals surface area contributed by atoms with Crippen LogP contribution in [0.1, 0.15) is 10.6 Å². The van der Waals surface area contributed by atoms with Crippen molar-refractivity contribution < 1.29 is 13.9 Å². The maximum absolute atomic E-state index is 11.8. The number of amides is 1. The number of halogens is 1. The summed E-state index contributed by atoms with van der Waals surface area (Å²) in [7, 11) is 1.49. The van der Waals surface area contributed by atoms with Crippen LogP contribution in [0.3, 0.4) is 0 Å². The minimum Gasteiger partial charge on any atom is -0.480 e. The average molecular weight is 297 g/mol. The molecule has 17 heavy (non-hydrogen) atoms. The molecule has 2 heterocycles. The maximum atomic E-state index is 11.8. The van der Waals surface area contributed by atoms with Gasteiger partial charge in [0, 0.05) is 6.20 Å². The van der Waals surface area contributed by atoms with Crippen molar-refractivity contribution in [2.45, 2.75) is 0 Å². The van der Waals surface area contributed by atoms with E-state index < -0.39 is 0 Å². The monoisotopic (exact) mass is 296 g/mol. The highest BCUT2D eigenvalue weighted by molar-refractivity contribution is 9.10. The van der Waals surface area contributed by atoms with Gasteiger partial charge in [-0.2, -0.15) is 0 Å². The van der Waals surface area contributed by atoms with E-state index in [1.54, 1.807) is 30.5 Å². The number of carbonyl (C=O) groups is 1. The van der Waals surface area contributed by atoms with Gasteiger partial charge >= 0.3 is 0 Å². The van der Waals surface area contributed by atoms with Crippen LogP contribution in [0.25, 0.3) is 0 Å². The largest absolute Gasteiger partial charge is 0.480 e. The zero-order chi connectivity index (χ0) is 12.3. The van der Waals surface area contributed by atoms with Gasteiger partial charge in [0.05, 0.1) is 7.11 Å². The third kappa shape index (κ3) is 2.65. The van der Waals surface area contributed by atoms with Crippen molar-refractivity contribution in [3.63, 3.8) is 0 Å². The second kappa shape index (κ2) is 5.01. The molecule has 0 fully saturated rings. The highest BCUT2D eigenvalue weighted by atomic mass is 79.9. The van der Waals surface area contributed by atoms with Crippen LogP contribution in [0.5, 0.6) is 5.88 Å². The molecule has 0 aliphatic rings. The van der Waals surface area contributed by atoms with E-state index >= 15 is 0 Å². The number of carbonyl (C=O) groups excluding carboxylic acids is 1. The number of pyridine rings is 1. The summed E-state index contributed by atoms with van der Waals surface area (Å²) in [6.45, 7) is 0. The van der Waals surface area contributed by atoms with Crippen molar-refractivity contribution in [2.24, 2.45) is 0 Å². The Bertz CT molecular complexity index is 539. The number of anilines is 1. The van der Waals surface area contributed by atoms with Crippen LogP contribution < -0.4 is 10.1 Å². The highest BCUT2D eigenvalue weighted by Gasteiger charge is 2.13. The maximum Gasteiger partial charge on any atom is 0.291 e. The minimum atomic E-state index is -0.359. The Morgan fingerprint density at radius 3 is 2.94 bits per heavy atom. The van der Waals surface area contributed by atoms with Crippen molar-refractivity contribution in [2.75, 3.05) is 12.4 Å². The molecular formula is C11H9BrN2O3. The van der Waals surface area contributed by atoms with Crippen LogP contribution in [0.2, 0.25) is 0 Å². The molecule has 88 valence electrons. The van der Waals surface area contributed by atoms with Gasteiger partial charge in [-0.15, -0.1) is 0 Å². The number of aromatic nitrogens is 1. The molecule has 0 saturated heterocycles. The molecule has 1 amide bonds. The van der Waals surface area contributed by atoms with Gasteiger partial charge in [-0.1, -0.05) is 0 Å². The number of nitrogens with zero attached hydrogens (tertiary/aromatic N) is 1. The number of hydrogen-bond donors (Lipinski definition) is 1. The van der Waals surface area contributed by atoms with Gasteiger partial charge in [0.1, 0.15) is 5.69 Å². The minimum absolute atomic E-state index is 0.211. The summed E-state index contributed by atoms with van der Waals surface area (Å²) in [6, 6.07) is 6.62. The van der Waals surface area contributed by atoms with Crippen molar-refractivity contribution in [1.82, 2.24) is 4.98 Å². The lowest BCUT2D eigenvalue weighted by atomic mass is 10.3. The quantitative estimate of drug-likeness (QED) is 0.946. The topological polar surface area (TPSA) is 64.4 Å².